The van der Waals surface area contributed by atoms with Gasteiger partial charge in [-0.15, -0.1) is 0 Å². The van der Waals surface area contributed by atoms with E-state index in [4.69, 9.17) is 4.74 Å². The summed E-state index contributed by atoms with van der Waals surface area (Å²) in [6, 6.07) is 0. The number of amides is 3. The number of ether oxygens (including phenoxy) is 1. The second-order valence-electron chi connectivity index (χ2n) is 5.64. The molecule has 0 aliphatic carbocycles. The highest BCUT2D eigenvalue weighted by atomic mass is 16.5. The monoisotopic (exact) mass is 297 g/mol. The van der Waals surface area contributed by atoms with Gasteiger partial charge in [0.25, 0.3) is 0 Å². The molecule has 7 nitrogen and oxygen atoms in total. The van der Waals surface area contributed by atoms with Gasteiger partial charge in [-0.2, -0.15) is 0 Å². The molecule has 1 N–H and O–H groups in total. The van der Waals surface area contributed by atoms with Crippen LogP contribution in [0.15, 0.2) is 0 Å². The first-order valence-corrected chi connectivity index (χ1v) is 7.50. The molecule has 0 saturated carbocycles. The zero-order valence-corrected chi connectivity index (χ0v) is 12.5. The van der Waals surface area contributed by atoms with E-state index in [0.29, 0.717) is 45.3 Å². The highest BCUT2D eigenvalue weighted by Crippen LogP contribution is 2.14. The van der Waals surface area contributed by atoms with E-state index in [9.17, 15) is 14.4 Å². The molecule has 2 aliphatic heterocycles. The van der Waals surface area contributed by atoms with Gasteiger partial charge in [0.2, 0.25) is 5.91 Å². The van der Waals surface area contributed by atoms with Gasteiger partial charge in [0.15, 0.2) is 0 Å². The van der Waals surface area contributed by atoms with E-state index in [0.717, 1.165) is 6.42 Å². The van der Waals surface area contributed by atoms with E-state index >= 15 is 0 Å². The Balaban J connectivity index is 1.66. The van der Waals surface area contributed by atoms with Crippen LogP contribution < -0.4 is 5.32 Å². The lowest BCUT2D eigenvalue weighted by Crippen LogP contribution is -2.44. The van der Waals surface area contributed by atoms with Crippen molar-refractivity contribution < 1.29 is 19.1 Å². The summed E-state index contributed by atoms with van der Waals surface area (Å²) in [5.41, 5.74) is 0. The molecule has 2 saturated heterocycles. The van der Waals surface area contributed by atoms with Gasteiger partial charge in [0.1, 0.15) is 0 Å². The van der Waals surface area contributed by atoms with E-state index in [1.807, 2.05) is 0 Å². The number of hydrogen-bond donors (Lipinski definition) is 1. The number of hydrogen-bond acceptors (Lipinski definition) is 4. The van der Waals surface area contributed by atoms with Gasteiger partial charge < -0.3 is 19.9 Å². The maximum Gasteiger partial charge on any atom is 0.311 e. The quantitative estimate of drug-likeness (QED) is 0.693. The van der Waals surface area contributed by atoms with Crippen LogP contribution in [0.1, 0.15) is 19.8 Å². The molecule has 0 unspecified atom stereocenters. The van der Waals surface area contributed by atoms with Crippen LogP contribution in [0.5, 0.6) is 0 Å². The molecule has 3 amide bonds. The average Bonchev–Trinajstić information content (AvgIpc) is 2.93. The van der Waals surface area contributed by atoms with Gasteiger partial charge in [-0.3, -0.25) is 14.4 Å². The second-order valence-corrected chi connectivity index (χ2v) is 5.64. The van der Waals surface area contributed by atoms with Crippen molar-refractivity contribution in [3.8, 4) is 0 Å². The summed E-state index contributed by atoms with van der Waals surface area (Å²) in [5.74, 6) is -0.664. The first kappa shape index (κ1) is 15.8. The van der Waals surface area contributed by atoms with E-state index in [1.165, 1.54) is 0 Å². The lowest BCUT2D eigenvalue weighted by Gasteiger charge is -2.26. The molecule has 2 rings (SSSR count). The van der Waals surface area contributed by atoms with Crippen molar-refractivity contribution in [1.82, 2.24) is 15.1 Å². The predicted molar refractivity (Wildman–Crippen MR) is 75.4 cm³/mol. The molecule has 7 heteroatoms. The van der Waals surface area contributed by atoms with E-state index in [-0.39, 0.29) is 18.9 Å². The molecule has 2 aliphatic rings. The van der Waals surface area contributed by atoms with Crippen LogP contribution in [0, 0.1) is 5.92 Å². The van der Waals surface area contributed by atoms with Crippen molar-refractivity contribution in [3.05, 3.63) is 0 Å². The summed E-state index contributed by atoms with van der Waals surface area (Å²) < 4.78 is 5.18. The zero-order valence-electron chi connectivity index (χ0n) is 12.5. The van der Waals surface area contributed by atoms with Crippen molar-refractivity contribution in [2.45, 2.75) is 19.8 Å². The van der Waals surface area contributed by atoms with Gasteiger partial charge in [-0.05, 0) is 12.3 Å². The minimum Gasteiger partial charge on any atom is -0.378 e. The summed E-state index contributed by atoms with van der Waals surface area (Å²) in [5, 5.41) is 2.54. The minimum absolute atomic E-state index is 0.0131. The van der Waals surface area contributed by atoms with Crippen LogP contribution in [-0.4, -0.2) is 73.5 Å². The highest BCUT2D eigenvalue weighted by molar-refractivity contribution is 6.35. The van der Waals surface area contributed by atoms with E-state index in [2.05, 4.69) is 12.2 Å². The second kappa shape index (κ2) is 7.40. The molecule has 1 atom stereocenters. The molecular weight excluding hydrogens is 274 g/mol. The summed E-state index contributed by atoms with van der Waals surface area (Å²) in [6.07, 6.45) is 1.16. The van der Waals surface area contributed by atoms with Crippen molar-refractivity contribution in [3.63, 3.8) is 0 Å². The largest absolute Gasteiger partial charge is 0.378 e. The van der Waals surface area contributed by atoms with E-state index in [1.54, 1.807) is 9.80 Å². The fourth-order valence-corrected chi connectivity index (χ4v) is 2.59. The molecule has 0 spiro atoms. The number of nitrogens with one attached hydrogen (secondary N) is 1. The highest BCUT2D eigenvalue weighted by Gasteiger charge is 2.27. The predicted octanol–water partition coefficient (Wildman–Crippen LogP) is -0.780. The Bertz CT molecular complexity index is 407. The van der Waals surface area contributed by atoms with Crippen LogP contribution in [0.4, 0.5) is 0 Å². The maximum atomic E-state index is 11.9. The van der Waals surface area contributed by atoms with E-state index < -0.39 is 11.8 Å². The smallest absolute Gasteiger partial charge is 0.311 e. The zero-order chi connectivity index (χ0) is 15.2. The van der Waals surface area contributed by atoms with Crippen molar-refractivity contribution in [2.24, 2.45) is 5.92 Å². The van der Waals surface area contributed by atoms with Gasteiger partial charge in [-0.25, -0.2) is 0 Å². The van der Waals surface area contributed by atoms with Crippen LogP contribution in [0.25, 0.3) is 0 Å². The number of carbonyl (C=O) groups is 3. The number of morpholine rings is 1. The molecule has 0 aromatic heterocycles. The molecule has 0 radical (unpaired) electrons. The average molecular weight is 297 g/mol. The first-order valence-electron chi connectivity index (χ1n) is 7.50. The van der Waals surface area contributed by atoms with Crippen LogP contribution in [0.2, 0.25) is 0 Å². The Morgan fingerprint density at radius 2 is 1.86 bits per heavy atom. The van der Waals surface area contributed by atoms with Gasteiger partial charge >= 0.3 is 11.8 Å². The SMILES string of the molecule is C[C@@H]1CCN(C(=O)C(=O)NCCC(=O)N2CCOCC2)C1. The van der Waals surface area contributed by atoms with Crippen molar-refractivity contribution in [1.29, 1.82) is 0 Å². The molecule has 0 aromatic carbocycles. The molecule has 21 heavy (non-hydrogen) atoms. The van der Waals surface area contributed by atoms with Gasteiger partial charge in [0.05, 0.1) is 13.2 Å². The third-order valence-corrected chi connectivity index (χ3v) is 3.89. The molecule has 2 fully saturated rings. The van der Waals surface area contributed by atoms with Crippen LogP contribution in [0.3, 0.4) is 0 Å². The standard InChI is InChI=1S/C14H23N3O4/c1-11-3-5-17(10-11)14(20)13(19)15-4-2-12(18)16-6-8-21-9-7-16/h11H,2-10H2,1H3,(H,15,19)/t11-/m1/s1. The third-order valence-electron chi connectivity index (χ3n) is 3.89. The Labute approximate surface area is 124 Å². The summed E-state index contributed by atoms with van der Waals surface area (Å²) in [6.45, 7) is 5.84. The molecule has 118 valence electrons. The lowest BCUT2D eigenvalue weighted by molar-refractivity contribution is -0.145. The van der Waals surface area contributed by atoms with Gasteiger partial charge in [-0.1, -0.05) is 6.92 Å². The van der Waals surface area contributed by atoms with Crippen LogP contribution in [-0.2, 0) is 19.1 Å². The Hall–Kier alpha value is -1.63. The summed E-state index contributed by atoms with van der Waals surface area (Å²) in [7, 11) is 0. The van der Waals surface area contributed by atoms with Crippen LogP contribution >= 0.6 is 0 Å². The minimum atomic E-state index is -0.612. The fraction of sp³-hybridized carbons (Fsp3) is 0.786. The summed E-state index contributed by atoms with van der Waals surface area (Å²) >= 11 is 0. The maximum absolute atomic E-state index is 11.9. The third kappa shape index (κ3) is 4.42. The van der Waals surface area contributed by atoms with Gasteiger partial charge in [0, 0.05) is 39.1 Å². The Morgan fingerprint density at radius 1 is 1.14 bits per heavy atom. The lowest BCUT2D eigenvalue weighted by atomic mass is 10.2. The normalized spacial score (nSPS) is 22.2. The first-order chi connectivity index (χ1) is 10.1. The molecule has 0 aromatic rings. The summed E-state index contributed by atoms with van der Waals surface area (Å²) in [4.78, 5) is 38.8. The number of carbonyl (C=O) groups excluding carboxylic acids is 3. The number of rotatable bonds is 3. The topological polar surface area (TPSA) is 79.0 Å². The molecule has 2 heterocycles. The fourth-order valence-electron chi connectivity index (χ4n) is 2.59. The van der Waals surface area contributed by atoms with Crippen molar-refractivity contribution in [2.75, 3.05) is 45.9 Å². The Kier molecular flexibility index (Phi) is 5.55. The molecule has 0 bridgehead atoms. The Morgan fingerprint density at radius 3 is 2.48 bits per heavy atom. The number of nitrogens with zero attached hydrogens (tertiary/aromatic N) is 2. The molecular formula is C14H23N3O4. The number of likely N-dealkylation sites (tertiary alicyclic amines) is 1. The van der Waals surface area contributed by atoms with Crippen molar-refractivity contribution >= 4 is 17.7 Å².